The summed E-state index contributed by atoms with van der Waals surface area (Å²) in [4.78, 5) is 2.29. The van der Waals surface area contributed by atoms with Gasteiger partial charge in [0, 0.05) is 10.9 Å². The van der Waals surface area contributed by atoms with Crippen LogP contribution in [0.3, 0.4) is 0 Å². The second kappa shape index (κ2) is 5.53. The van der Waals surface area contributed by atoms with Crippen molar-refractivity contribution in [3.05, 3.63) is 34.9 Å². The maximum absolute atomic E-state index is 9.36. The summed E-state index contributed by atoms with van der Waals surface area (Å²) in [5.74, 6) is 0.232. The Morgan fingerprint density at radius 1 is 1.24 bits per heavy atom. The van der Waals surface area contributed by atoms with Crippen molar-refractivity contribution in [3.63, 3.8) is 0 Å². The van der Waals surface area contributed by atoms with E-state index in [0.29, 0.717) is 0 Å². The summed E-state index contributed by atoms with van der Waals surface area (Å²) in [7, 11) is 0. The van der Waals surface area contributed by atoms with E-state index in [0.717, 1.165) is 18.1 Å². The number of likely N-dealkylation sites (tertiary alicyclic amines) is 1. The molecule has 17 heavy (non-hydrogen) atoms. The Kier molecular flexibility index (Phi) is 4.04. The van der Waals surface area contributed by atoms with Gasteiger partial charge < -0.3 is 0 Å². The molecule has 1 aromatic carbocycles. The number of nitrogens with zero attached hydrogens (tertiary/aromatic N) is 2. The fourth-order valence-corrected chi connectivity index (χ4v) is 2.60. The molecule has 0 N–H and O–H groups in total. The number of halogens is 1. The molecule has 1 heterocycles. The van der Waals surface area contributed by atoms with Gasteiger partial charge in [0.2, 0.25) is 0 Å². The number of nitriles is 1. The first kappa shape index (κ1) is 12.4. The highest BCUT2D eigenvalue weighted by Gasteiger charge is 2.27. The molecule has 1 aromatic rings. The first-order valence-corrected chi connectivity index (χ1v) is 6.49. The highest BCUT2D eigenvalue weighted by Crippen LogP contribution is 2.26. The summed E-state index contributed by atoms with van der Waals surface area (Å²) in [6.45, 7) is 4.22. The van der Waals surface area contributed by atoms with E-state index in [1.165, 1.54) is 18.4 Å². The maximum atomic E-state index is 9.36. The lowest BCUT2D eigenvalue weighted by atomic mass is 9.93. The predicted molar refractivity (Wildman–Crippen MR) is 70.1 cm³/mol. The highest BCUT2D eigenvalue weighted by molar-refractivity contribution is 6.30. The van der Waals surface area contributed by atoms with E-state index in [4.69, 9.17) is 11.6 Å². The maximum Gasteiger partial charge on any atom is 0.104 e. The third kappa shape index (κ3) is 2.80. The lowest BCUT2D eigenvalue weighted by molar-refractivity contribution is 0.263. The molecule has 1 fully saturated rings. The van der Waals surface area contributed by atoms with Crippen molar-refractivity contribution in [2.75, 3.05) is 13.1 Å². The first-order valence-electron chi connectivity index (χ1n) is 6.11. The average Bonchev–Trinajstić information content (AvgIpc) is 2.84. The molecule has 0 amide bonds. The normalized spacial score (nSPS) is 19.8. The van der Waals surface area contributed by atoms with Crippen LogP contribution in [0.2, 0.25) is 5.02 Å². The van der Waals surface area contributed by atoms with Crippen LogP contribution in [0, 0.1) is 11.3 Å². The Morgan fingerprint density at radius 3 is 2.35 bits per heavy atom. The molecule has 2 nitrogen and oxygen atoms in total. The third-order valence-corrected chi connectivity index (χ3v) is 3.79. The SMILES string of the molecule is CC(c1ccc(Cl)cc1)C(C#N)N1CCCC1. The van der Waals surface area contributed by atoms with Gasteiger partial charge in [-0.2, -0.15) is 5.26 Å². The minimum Gasteiger partial charge on any atom is -0.288 e. The largest absolute Gasteiger partial charge is 0.288 e. The summed E-state index contributed by atoms with van der Waals surface area (Å²) in [5.41, 5.74) is 1.19. The Bertz CT molecular complexity index is 401. The number of rotatable bonds is 3. The van der Waals surface area contributed by atoms with Gasteiger partial charge in [-0.15, -0.1) is 0 Å². The Balaban J connectivity index is 2.14. The molecule has 1 aliphatic rings. The summed E-state index contributed by atoms with van der Waals surface area (Å²) in [6.07, 6.45) is 2.43. The lowest BCUT2D eigenvalue weighted by Gasteiger charge is -2.27. The van der Waals surface area contributed by atoms with E-state index in [1.807, 2.05) is 24.3 Å². The Labute approximate surface area is 108 Å². The van der Waals surface area contributed by atoms with Gasteiger partial charge in [0.05, 0.1) is 6.07 Å². The van der Waals surface area contributed by atoms with Crippen LogP contribution >= 0.6 is 11.6 Å². The van der Waals surface area contributed by atoms with Gasteiger partial charge in [0.15, 0.2) is 0 Å². The van der Waals surface area contributed by atoms with E-state index < -0.39 is 0 Å². The molecule has 1 aliphatic heterocycles. The van der Waals surface area contributed by atoms with E-state index in [2.05, 4.69) is 17.9 Å². The van der Waals surface area contributed by atoms with Crippen molar-refractivity contribution in [2.45, 2.75) is 31.7 Å². The zero-order chi connectivity index (χ0) is 12.3. The van der Waals surface area contributed by atoms with Gasteiger partial charge in [-0.05, 0) is 43.6 Å². The molecular weight excluding hydrogens is 232 g/mol. The molecule has 0 radical (unpaired) electrons. The second-order valence-corrected chi connectivity index (χ2v) is 5.09. The molecule has 0 saturated carbocycles. The molecular formula is C14H17ClN2. The van der Waals surface area contributed by atoms with Crippen LogP contribution in [0.15, 0.2) is 24.3 Å². The van der Waals surface area contributed by atoms with Crippen molar-refractivity contribution in [3.8, 4) is 6.07 Å². The van der Waals surface area contributed by atoms with Crippen LogP contribution in [0.1, 0.15) is 31.2 Å². The van der Waals surface area contributed by atoms with Gasteiger partial charge in [0.1, 0.15) is 6.04 Å². The number of hydrogen-bond acceptors (Lipinski definition) is 2. The zero-order valence-corrected chi connectivity index (χ0v) is 10.8. The van der Waals surface area contributed by atoms with Crippen molar-refractivity contribution in [1.82, 2.24) is 4.90 Å². The highest BCUT2D eigenvalue weighted by atomic mass is 35.5. The van der Waals surface area contributed by atoms with Crippen molar-refractivity contribution in [2.24, 2.45) is 0 Å². The van der Waals surface area contributed by atoms with Gasteiger partial charge in [-0.3, -0.25) is 4.90 Å². The van der Waals surface area contributed by atoms with Crippen LogP contribution in [-0.2, 0) is 0 Å². The summed E-state index contributed by atoms with van der Waals surface area (Å²) in [6, 6.07) is 10.3. The van der Waals surface area contributed by atoms with Gasteiger partial charge in [0.25, 0.3) is 0 Å². The molecule has 2 rings (SSSR count). The van der Waals surface area contributed by atoms with Crippen LogP contribution in [0.25, 0.3) is 0 Å². The molecule has 1 saturated heterocycles. The zero-order valence-electron chi connectivity index (χ0n) is 10.1. The monoisotopic (exact) mass is 248 g/mol. The van der Waals surface area contributed by atoms with E-state index in [-0.39, 0.29) is 12.0 Å². The minimum absolute atomic E-state index is 0.0151. The summed E-state index contributed by atoms with van der Waals surface area (Å²) < 4.78 is 0. The molecule has 2 unspecified atom stereocenters. The Hall–Kier alpha value is -1.04. The lowest BCUT2D eigenvalue weighted by Crippen LogP contribution is -2.35. The van der Waals surface area contributed by atoms with Crippen molar-refractivity contribution >= 4 is 11.6 Å². The van der Waals surface area contributed by atoms with Crippen molar-refractivity contribution in [1.29, 1.82) is 5.26 Å². The molecule has 3 heteroatoms. The Morgan fingerprint density at radius 2 is 1.82 bits per heavy atom. The topological polar surface area (TPSA) is 27.0 Å². The minimum atomic E-state index is -0.0151. The van der Waals surface area contributed by atoms with Gasteiger partial charge in [-0.1, -0.05) is 30.7 Å². The van der Waals surface area contributed by atoms with Crippen molar-refractivity contribution < 1.29 is 0 Å². The third-order valence-electron chi connectivity index (χ3n) is 3.54. The molecule has 0 bridgehead atoms. The van der Waals surface area contributed by atoms with Gasteiger partial charge >= 0.3 is 0 Å². The molecule has 90 valence electrons. The average molecular weight is 249 g/mol. The first-order chi connectivity index (χ1) is 8.22. The standard InChI is InChI=1S/C14H17ClN2/c1-11(12-4-6-13(15)7-5-12)14(10-16)17-8-2-3-9-17/h4-7,11,14H,2-3,8-9H2,1H3. The van der Waals surface area contributed by atoms with Crippen LogP contribution in [0.5, 0.6) is 0 Å². The molecule has 2 atom stereocenters. The van der Waals surface area contributed by atoms with E-state index in [9.17, 15) is 5.26 Å². The molecule has 0 spiro atoms. The fourth-order valence-electron chi connectivity index (χ4n) is 2.48. The molecule has 0 aliphatic carbocycles. The quantitative estimate of drug-likeness (QED) is 0.820. The summed E-state index contributed by atoms with van der Waals surface area (Å²) in [5, 5.41) is 10.1. The number of hydrogen-bond donors (Lipinski definition) is 0. The van der Waals surface area contributed by atoms with Gasteiger partial charge in [-0.25, -0.2) is 0 Å². The van der Waals surface area contributed by atoms with E-state index in [1.54, 1.807) is 0 Å². The van der Waals surface area contributed by atoms with Crippen LogP contribution in [0.4, 0.5) is 0 Å². The number of benzene rings is 1. The second-order valence-electron chi connectivity index (χ2n) is 4.66. The smallest absolute Gasteiger partial charge is 0.104 e. The van der Waals surface area contributed by atoms with Crippen LogP contribution in [-0.4, -0.2) is 24.0 Å². The molecule has 0 aromatic heterocycles. The summed E-state index contributed by atoms with van der Waals surface area (Å²) >= 11 is 5.88. The predicted octanol–water partition coefficient (Wildman–Crippen LogP) is 3.43. The van der Waals surface area contributed by atoms with E-state index >= 15 is 0 Å². The fraction of sp³-hybridized carbons (Fsp3) is 0.500. The van der Waals surface area contributed by atoms with Crippen LogP contribution < -0.4 is 0 Å².